The predicted molar refractivity (Wildman–Crippen MR) is 79.7 cm³/mol. The van der Waals surface area contributed by atoms with Gasteiger partial charge in [0, 0.05) is 23.5 Å². The van der Waals surface area contributed by atoms with Crippen LogP contribution in [0.15, 0.2) is 60.8 Å². The van der Waals surface area contributed by atoms with Crippen LogP contribution in [0, 0.1) is 6.92 Å². The quantitative estimate of drug-likeness (QED) is 0.648. The number of carbonyl (C=O) groups is 1. The van der Waals surface area contributed by atoms with Crippen molar-refractivity contribution in [1.29, 1.82) is 0 Å². The Morgan fingerprint density at radius 2 is 1.82 bits per heavy atom. The zero-order chi connectivity index (χ0) is 16.2. The van der Waals surface area contributed by atoms with Crippen LogP contribution in [0.25, 0.3) is 0 Å². The summed E-state index contributed by atoms with van der Waals surface area (Å²) in [5.41, 5.74) is 1.02. The smallest absolute Gasteiger partial charge is 0.362 e. The highest BCUT2D eigenvalue weighted by molar-refractivity contribution is 6.04. The molecule has 0 aliphatic rings. The summed E-state index contributed by atoms with van der Waals surface area (Å²) in [5, 5.41) is 2.67. The van der Waals surface area contributed by atoms with Crippen LogP contribution in [0.1, 0.15) is 21.5 Å². The van der Waals surface area contributed by atoms with Crippen molar-refractivity contribution in [2.45, 2.75) is 13.1 Å². The van der Waals surface area contributed by atoms with Crippen LogP contribution in [0.4, 0.5) is 18.9 Å². The number of halogens is 3. The zero-order valence-electron chi connectivity index (χ0n) is 11.8. The Kier molecular flexibility index (Phi) is 4.65. The Morgan fingerprint density at radius 1 is 1.09 bits per heavy atom. The minimum atomic E-state index is -4.39. The van der Waals surface area contributed by atoms with Gasteiger partial charge in [0.2, 0.25) is 0 Å². The number of aryl methyl sites for hydroxylation is 1. The number of carbonyl (C=O) groups excluding carboxylic acids is 1. The molecule has 0 radical (unpaired) electrons. The lowest BCUT2D eigenvalue weighted by Crippen LogP contribution is -2.05. The number of nitrogens with one attached hydrogen (secondary N) is 1. The molecule has 0 aliphatic carbocycles. The topological polar surface area (TPSA) is 29.1 Å². The highest BCUT2D eigenvalue weighted by Crippen LogP contribution is 2.30. The first-order chi connectivity index (χ1) is 10.4. The van der Waals surface area contributed by atoms with E-state index >= 15 is 0 Å². The summed E-state index contributed by atoms with van der Waals surface area (Å²) in [7, 11) is 0. The molecule has 0 heterocycles. The van der Waals surface area contributed by atoms with Crippen LogP contribution in [-0.2, 0) is 6.18 Å². The van der Waals surface area contributed by atoms with Gasteiger partial charge < -0.3 is 5.32 Å². The third-order valence-corrected chi connectivity index (χ3v) is 2.98. The van der Waals surface area contributed by atoms with E-state index in [0.717, 1.165) is 17.7 Å². The number of ketones is 1. The summed E-state index contributed by atoms with van der Waals surface area (Å²) in [6, 6.07) is 11.9. The molecule has 5 heteroatoms. The molecular weight excluding hydrogens is 291 g/mol. The van der Waals surface area contributed by atoms with E-state index in [1.54, 1.807) is 18.2 Å². The van der Waals surface area contributed by atoms with E-state index in [4.69, 9.17) is 0 Å². The molecule has 2 aromatic rings. The molecule has 0 saturated carbocycles. The van der Waals surface area contributed by atoms with Crippen molar-refractivity contribution < 1.29 is 18.0 Å². The minimum Gasteiger partial charge on any atom is -0.362 e. The maximum Gasteiger partial charge on any atom is 0.416 e. The lowest BCUT2D eigenvalue weighted by Gasteiger charge is -2.08. The van der Waals surface area contributed by atoms with Crippen molar-refractivity contribution in [1.82, 2.24) is 0 Å². The molecule has 2 rings (SSSR count). The van der Waals surface area contributed by atoms with Gasteiger partial charge in [0.15, 0.2) is 5.78 Å². The normalized spacial score (nSPS) is 11.6. The maximum absolute atomic E-state index is 12.6. The largest absolute Gasteiger partial charge is 0.416 e. The Morgan fingerprint density at radius 3 is 2.50 bits per heavy atom. The zero-order valence-corrected chi connectivity index (χ0v) is 11.8. The summed E-state index contributed by atoms with van der Waals surface area (Å²) in [6.07, 6.45) is -1.77. The first kappa shape index (κ1) is 15.8. The van der Waals surface area contributed by atoms with Crippen molar-refractivity contribution in [3.8, 4) is 0 Å². The van der Waals surface area contributed by atoms with Gasteiger partial charge in [0.25, 0.3) is 0 Å². The maximum atomic E-state index is 12.6. The van der Waals surface area contributed by atoms with Crippen LogP contribution in [0.2, 0.25) is 0 Å². The molecule has 0 saturated heterocycles. The average Bonchev–Trinajstić information content (AvgIpc) is 2.46. The van der Waals surface area contributed by atoms with Crippen molar-refractivity contribution in [2.24, 2.45) is 0 Å². The number of rotatable bonds is 4. The molecule has 0 atom stereocenters. The Balaban J connectivity index is 2.05. The van der Waals surface area contributed by atoms with Crippen molar-refractivity contribution in [2.75, 3.05) is 5.32 Å². The van der Waals surface area contributed by atoms with Gasteiger partial charge in [-0.05, 0) is 31.2 Å². The molecule has 0 aromatic heterocycles. The molecule has 0 aliphatic heterocycles. The van der Waals surface area contributed by atoms with Crippen LogP contribution in [-0.4, -0.2) is 5.78 Å². The molecule has 0 unspecified atom stereocenters. The van der Waals surface area contributed by atoms with Crippen LogP contribution >= 0.6 is 0 Å². The number of hydrogen-bond acceptors (Lipinski definition) is 2. The second-order valence-corrected chi connectivity index (χ2v) is 4.79. The van der Waals surface area contributed by atoms with Crippen molar-refractivity contribution in [3.05, 3.63) is 77.5 Å². The molecule has 0 fully saturated rings. The highest BCUT2D eigenvalue weighted by atomic mass is 19.4. The number of anilines is 1. The minimum absolute atomic E-state index is 0.219. The number of alkyl halides is 3. The van der Waals surface area contributed by atoms with E-state index in [-0.39, 0.29) is 11.5 Å². The molecule has 0 bridgehead atoms. The van der Waals surface area contributed by atoms with E-state index in [2.05, 4.69) is 5.32 Å². The SMILES string of the molecule is Cc1cccc(C(=O)/C=C\Nc2cccc(C(F)(F)F)c2)c1. The molecule has 2 nitrogen and oxygen atoms in total. The molecule has 22 heavy (non-hydrogen) atoms. The standard InChI is InChI=1S/C17H14F3NO/c1-12-4-2-5-13(10-12)16(22)8-9-21-15-7-3-6-14(11-15)17(18,19)20/h2-11,21H,1H3/b9-8-. The monoisotopic (exact) mass is 305 g/mol. The van der Waals surface area contributed by atoms with E-state index in [9.17, 15) is 18.0 Å². The summed E-state index contributed by atoms with van der Waals surface area (Å²) in [6.45, 7) is 1.88. The summed E-state index contributed by atoms with van der Waals surface area (Å²) < 4.78 is 37.7. The summed E-state index contributed by atoms with van der Waals surface area (Å²) >= 11 is 0. The van der Waals surface area contributed by atoms with Crippen molar-refractivity contribution in [3.63, 3.8) is 0 Å². The average molecular weight is 305 g/mol. The van der Waals surface area contributed by atoms with Gasteiger partial charge in [-0.15, -0.1) is 0 Å². The lowest BCUT2D eigenvalue weighted by atomic mass is 10.1. The number of hydrogen-bond donors (Lipinski definition) is 1. The first-order valence-electron chi connectivity index (χ1n) is 6.57. The second-order valence-electron chi connectivity index (χ2n) is 4.79. The first-order valence-corrected chi connectivity index (χ1v) is 6.57. The Labute approximate surface area is 126 Å². The second kappa shape index (κ2) is 6.47. The summed E-state index contributed by atoms with van der Waals surface area (Å²) in [4.78, 5) is 11.9. The molecule has 2 aromatic carbocycles. The number of allylic oxidation sites excluding steroid dienone is 1. The molecule has 0 amide bonds. The fourth-order valence-corrected chi connectivity index (χ4v) is 1.89. The van der Waals surface area contributed by atoms with E-state index < -0.39 is 11.7 Å². The van der Waals surface area contributed by atoms with Crippen LogP contribution < -0.4 is 5.32 Å². The summed E-state index contributed by atoms with van der Waals surface area (Å²) in [5.74, 6) is -0.219. The van der Waals surface area contributed by atoms with Crippen LogP contribution in [0.5, 0.6) is 0 Å². The lowest BCUT2D eigenvalue weighted by molar-refractivity contribution is -0.137. The Bertz CT molecular complexity index is 705. The predicted octanol–water partition coefficient (Wildman–Crippen LogP) is 4.82. The van der Waals surface area contributed by atoms with E-state index in [0.29, 0.717) is 5.56 Å². The third kappa shape index (κ3) is 4.22. The van der Waals surface area contributed by atoms with Crippen LogP contribution in [0.3, 0.4) is 0 Å². The van der Waals surface area contributed by atoms with Gasteiger partial charge in [-0.3, -0.25) is 4.79 Å². The molecule has 1 N–H and O–H groups in total. The van der Waals surface area contributed by atoms with Crippen molar-refractivity contribution >= 4 is 11.5 Å². The van der Waals surface area contributed by atoms with E-state index in [1.807, 2.05) is 13.0 Å². The van der Waals surface area contributed by atoms with Gasteiger partial charge >= 0.3 is 6.18 Å². The van der Waals surface area contributed by atoms with Gasteiger partial charge in [0.05, 0.1) is 5.56 Å². The fourth-order valence-electron chi connectivity index (χ4n) is 1.89. The van der Waals surface area contributed by atoms with Gasteiger partial charge in [0.1, 0.15) is 0 Å². The van der Waals surface area contributed by atoms with Gasteiger partial charge in [-0.1, -0.05) is 29.8 Å². The van der Waals surface area contributed by atoms with Gasteiger partial charge in [-0.25, -0.2) is 0 Å². The number of benzene rings is 2. The van der Waals surface area contributed by atoms with E-state index in [1.165, 1.54) is 24.4 Å². The third-order valence-electron chi connectivity index (χ3n) is 2.98. The molecular formula is C17H14F3NO. The fraction of sp³-hybridized carbons (Fsp3) is 0.118. The highest BCUT2D eigenvalue weighted by Gasteiger charge is 2.30. The molecule has 114 valence electrons. The van der Waals surface area contributed by atoms with Gasteiger partial charge in [-0.2, -0.15) is 13.2 Å². The molecule has 0 spiro atoms. The Hall–Kier alpha value is -2.56.